The maximum absolute atomic E-state index is 5.67. The Kier molecular flexibility index (Phi) is 4.42. The van der Waals surface area contributed by atoms with E-state index in [9.17, 15) is 0 Å². The largest absolute Gasteiger partial charge is 0.303 e. The average Bonchev–Trinajstić information content (AvgIpc) is 2.58. The summed E-state index contributed by atoms with van der Waals surface area (Å²) in [6.45, 7) is 6.39. The van der Waals surface area contributed by atoms with Gasteiger partial charge in [-0.05, 0) is 6.42 Å². The third kappa shape index (κ3) is 3.46. The summed E-state index contributed by atoms with van der Waals surface area (Å²) in [5, 5.41) is 7.01. The number of thiazole rings is 1. The molecule has 0 saturated heterocycles. The van der Waals surface area contributed by atoms with Crippen LogP contribution >= 0.6 is 22.9 Å². The molecule has 1 aromatic rings. The van der Waals surface area contributed by atoms with Gasteiger partial charge in [-0.1, -0.05) is 25.1 Å². The van der Waals surface area contributed by atoms with Gasteiger partial charge in [0.1, 0.15) is 5.01 Å². The van der Waals surface area contributed by atoms with E-state index >= 15 is 0 Å². The van der Waals surface area contributed by atoms with Crippen molar-refractivity contribution in [3.63, 3.8) is 0 Å². The highest BCUT2D eigenvalue weighted by molar-refractivity contribution is 7.09. The van der Waals surface area contributed by atoms with Crippen molar-refractivity contribution >= 4 is 22.9 Å². The Morgan fingerprint density at radius 2 is 2.62 bits per heavy atom. The second kappa shape index (κ2) is 5.37. The van der Waals surface area contributed by atoms with Crippen molar-refractivity contribution < 1.29 is 0 Å². The molecule has 4 heteroatoms. The predicted molar refractivity (Wildman–Crippen MR) is 58.1 cm³/mol. The summed E-state index contributed by atoms with van der Waals surface area (Å²) in [6.07, 6.45) is 2.83. The Morgan fingerprint density at radius 3 is 3.08 bits per heavy atom. The number of hydrogen-bond acceptors (Lipinski definition) is 3. The maximum Gasteiger partial charge on any atom is 0.109 e. The molecule has 1 N–H and O–H groups in total. The van der Waals surface area contributed by atoms with Crippen LogP contribution < -0.4 is 5.32 Å². The lowest BCUT2D eigenvalue weighted by Gasteiger charge is -2.13. The highest BCUT2D eigenvalue weighted by Gasteiger charge is 2.10. The van der Waals surface area contributed by atoms with Gasteiger partial charge < -0.3 is 5.32 Å². The Balaban J connectivity index is 2.49. The van der Waals surface area contributed by atoms with Crippen molar-refractivity contribution in [2.45, 2.75) is 19.4 Å². The summed E-state index contributed by atoms with van der Waals surface area (Å²) in [6, 6.07) is 0.301. The Hall–Kier alpha value is -0.380. The molecule has 0 aromatic carbocycles. The van der Waals surface area contributed by atoms with Gasteiger partial charge in [0.05, 0.1) is 6.04 Å². The first kappa shape index (κ1) is 10.7. The number of nitrogens with one attached hydrogen (secondary N) is 1. The van der Waals surface area contributed by atoms with Crippen LogP contribution in [0.25, 0.3) is 0 Å². The topological polar surface area (TPSA) is 24.9 Å². The highest BCUT2D eigenvalue weighted by Crippen LogP contribution is 2.18. The summed E-state index contributed by atoms with van der Waals surface area (Å²) in [5.74, 6) is 0. The molecule has 72 valence electrons. The van der Waals surface area contributed by atoms with Gasteiger partial charge in [-0.25, -0.2) is 4.98 Å². The van der Waals surface area contributed by atoms with E-state index in [0.717, 1.165) is 11.4 Å². The molecule has 0 radical (unpaired) electrons. The fourth-order valence-electron chi connectivity index (χ4n) is 1.05. The average molecular weight is 217 g/mol. The Bertz CT molecular complexity index is 259. The molecule has 13 heavy (non-hydrogen) atoms. The van der Waals surface area contributed by atoms with E-state index in [4.69, 9.17) is 11.6 Å². The van der Waals surface area contributed by atoms with Crippen LogP contribution in [0.15, 0.2) is 23.2 Å². The SMILES string of the molecule is C=C(Cl)CNC(CC)c1nccs1. The molecule has 2 nitrogen and oxygen atoms in total. The second-order valence-corrected chi connectivity index (χ2v) is 4.19. The van der Waals surface area contributed by atoms with E-state index in [-0.39, 0.29) is 0 Å². The molecule has 0 saturated carbocycles. The van der Waals surface area contributed by atoms with Gasteiger partial charge in [-0.3, -0.25) is 0 Å². The minimum Gasteiger partial charge on any atom is -0.303 e. The molecular weight excluding hydrogens is 204 g/mol. The lowest BCUT2D eigenvalue weighted by molar-refractivity contribution is 0.546. The first-order chi connectivity index (χ1) is 6.24. The standard InChI is InChI=1S/C9H13ClN2S/c1-3-8(12-6-7(2)10)9-11-4-5-13-9/h4-5,8,12H,2-3,6H2,1H3. The molecule has 0 aliphatic heterocycles. The van der Waals surface area contributed by atoms with Crippen molar-refractivity contribution in [1.29, 1.82) is 0 Å². The van der Waals surface area contributed by atoms with Crippen molar-refractivity contribution in [1.82, 2.24) is 10.3 Å². The summed E-state index contributed by atoms with van der Waals surface area (Å²) >= 11 is 7.33. The Labute approximate surface area is 87.6 Å². The van der Waals surface area contributed by atoms with E-state index in [2.05, 4.69) is 23.8 Å². The number of hydrogen-bond donors (Lipinski definition) is 1. The van der Waals surface area contributed by atoms with E-state index in [1.54, 1.807) is 11.3 Å². The van der Waals surface area contributed by atoms with E-state index in [0.29, 0.717) is 17.6 Å². The first-order valence-corrected chi connectivity index (χ1v) is 5.45. The third-order valence-corrected chi connectivity index (χ3v) is 2.72. The van der Waals surface area contributed by atoms with Gasteiger partial charge in [-0.2, -0.15) is 0 Å². The van der Waals surface area contributed by atoms with Crippen LogP contribution in [-0.4, -0.2) is 11.5 Å². The fraction of sp³-hybridized carbons (Fsp3) is 0.444. The first-order valence-electron chi connectivity index (χ1n) is 4.20. The fourth-order valence-corrected chi connectivity index (χ4v) is 1.92. The summed E-state index contributed by atoms with van der Waals surface area (Å²) in [4.78, 5) is 4.25. The van der Waals surface area contributed by atoms with Gasteiger partial charge >= 0.3 is 0 Å². The van der Waals surface area contributed by atoms with Gasteiger partial charge in [0.15, 0.2) is 0 Å². The van der Waals surface area contributed by atoms with E-state index in [1.165, 1.54) is 0 Å². The molecule has 0 aliphatic rings. The molecular formula is C9H13ClN2S. The highest BCUT2D eigenvalue weighted by atomic mass is 35.5. The van der Waals surface area contributed by atoms with Crippen molar-refractivity contribution in [3.05, 3.63) is 28.2 Å². The summed E-state index contributed by atoms with van der Waals surface area (Å²) in [5.41, 5.74) is 0. The molecule has 1 unspecified atom stereocenters. The zero-order valence-corrected chi connectivity index (χ0v) is 9.16. The molecule has 1 rings (SSSR count). The number of halogens is 1. The molecule has 0 spiro atoms. The zero-order valence-electron chi connectivity index (χ0n) is 7.59. The quantitative estimate of drug-likeness (QED) is 0.819. The summed E-state index contributed by atoms with van der Waals surface area (Å²) in [7, 11) is 0. The number of aromatic nitrogens is 1. The van der Waals surface area contributed by atoms with Crippen LogP contribution in [0.5, 0.6) is 0 Å². The Morgan fingerprint density at radius 1 is 1.85 bits per heavy atom. The maximum atomic E-state index is 5.67. The normalized spacial score (nSPS) is 12.8. The van der Waals surface area contributed by atoms with E-state index in [1.807, 2.05) is 11.6 Å². The van der Waals surface area contributed by atoms with Crippen molar-refractivity contribution in [2.75, 3.05) is 6.54 Å². The van der Waals surface area contributed by atoms with E-state index < -0.39 is 0 Å². The van der Waals surface area contributed by atoms with Crippen LogP contribution in [-0.2, 0) is 0 Å². The zero-order chi connectivity index (χ0) is 9.68. The number of rotatable bonds is 5. The van der Waals surface area contributed by atoms with Crippen LogP contribution in [0.3, 0.4) is 0 Å². The molecule has 1 aromatic heterocycles. The lowest BCUT2D eigenvalue weighted by Crippen LogP contribution is -2.21. The molecule has 1 heterocycles. The monoisotopic (exact) mass is 216 g/mol. The van der Waals surface area contributed by atoms with Crippen LogP contribution in [0.2, 0.25) is 0 Å². The molecule has 0 amide bonds. The lowest BCUT2D eigenvalue weighted by atomic mass is 10.2. The van der Waals surface area contributed by atoms with Gasteiger partial charge in [0.2, 0.25) is 0 Å². The molecule has 0 bridgehead atoms. The molecule has 0 fully saturated rings. The van der Waals surface area contributed by atoms with Crippen LogP contribution in [0, 0.1) is 0 Å². The second-order valence-electron chi connectivity index (χ2n) is 2.73. The summed E-state index contributed by atoms with van der Waals surface area (Å²) < 4.78 is 0. The molecule has 0 aliphatic carbocycles. The number of nitrogens with zero attached hydrogens (tertiary/aromatic N) is 1. The van der Waals surface area contributed by atoms with Gasteiger partial charge in [-0.15, -0.1) is 11.3 Å². The van der Waals surface area contributed by atoms with Crippen LogP contribution in [0.4, 0.5) is 0 Å². The van der Waals surface area contributed by atoms with Gasteiger partial charge in [0, 0.05) is 23.2 Å². The smallest absolute Gasteiger partial charge is 0.109 e. The minimum atomic E-state index is 0.301. The minimum absolute atomic E-state index is 0.301. The van der Waals surface area contributed by atoms with Crippen molar-refractivity contribution in [2.24, 2.45) is 0 Å². The van der Waals surface area contributed by atoms with Crippen LogP contribution in [0.1, 0.15) is 24.4 Å². The van der Waals surface area contributed by atoms with Gasteiger partial charge in [0.25, 0.3) is 0 Å². The molecule has 1 atom stereocenters. The predicted octanol–water partition coefficient (Wildman–Crippen LogP) is 2.94. The third-order valence-electron chi connectivity index (χ3n) is 1.70. The van der Waals surface area contributed by atoms with Crippen molar-refractivity contribution in [3.8, 4) is 0 Å².